The molecule has 6 heteroatoms. The molecule has 1 atom stereocenters. The molecule has 0 saturated heterocycles. The van der Waals surface area contributed by atoms with Gasteiger partial charge in [-0.25, -0.2) is 0 Å². The summed E-state index contributed by atoms with van der Waals surface area (Å²) in [5.41, 5.74) is 5.29. The van der Waals surface area contributed by atoms with Crippen molar-refractivity contribution in [3.8, 4) is 0 Å². The van der Waals surface area contributed by atoms with Crippen molar-refractivity contribution < 1.29 is 4.79 Å². The van der Waals surface area contributed by atoms with Crippen molar-refractivity contribution in [1.82, 2.24) is 20.5 Å². The molecule has 0 aromatic carbocycles. The molecule has 0 radical (unpaired) electrons. The minimum atomic E-state index is -0.261. The van der Waals surface area contributed by atoms with Crippen LogP contribution in [-0.4, -0.2) is 27.1 Å². The Morgan fingerprint density at radius 1 is 1.67 bits per heavy atom. The van der Waals surface area contributed by atoms with Gasteiger partial charge in [-0.2, -0.15) is 4.98 Å². The molecule has 1 aromatic rings. The Morgan fingerprint density at radius 3 is 2.93 bits per heavy atom. The number of carbonyl (C=O) groups is 1. The molecule has 0 aliphatic rings. The molecule has 1 heterocycles. The second-order valence-electron chi connectivity index (χ2n) is 3.56. The molecular formula is C9H17N5O. The number of rotatable bonds is 5. The van der Waals surface area contributed by atoms with Gasteiger partial charge in [0.25, 0.3) is 5.91 Å². The third-order valence-corrected chi connectivity index (χ3v) is 2.09. The van der Waals surface area contributed by atoms with Gasteiger partial charge in [-0.3, -0.25) is 9.89 Å². The molecule has 0 aliphatic carbocycles. The summed E-state index contributed by atoms with van der Waals surface area (Å²) >= 11 is 0. The van der Waals surface area contributed by atoms with E-state index < -0.39 is 0 Å². The van der Waals surface area contributed by atoms with Gasteiger partial charge in [0, 0.05) is 6.04 Å². The van der Waals surface area contributed by atoms with Crippen LogP contribution < -0.4 is 11.1 Å². The van der Waals surface area contributed by atoms with Crippen molar-refractivity contribution in [3.63, 3.8) is 0 Å². The van der Waals surface area contributed by atoms with Crippen LogP contribution in [0.1, 0.15) is 43.7 Å². The topological polar surface area (TPSA) is 96.7 Å². The van der Waals surface area contributed by atoms with Crippen LogP contribution >= 0.6 is 0 Å². The molecular weight excluding hydrogens is 194 g/mol. The predicted molar refractivity (Wildman–Crippen MR) is 57.2 cm³/mol. The van der Waals surface area contributed by atoms with Crippen LogP contribution in [0.15, 0.2) is 0 Å². The highest BCUT2D eigenvalue weighted by Crippen LogP contribution is 2.01. The number of nitrogen functional groups attached to an aromatic ring is 1. The Kier molecular flexibility index (Phi) is 4.08. The molecule has 15 heavy (non-hydrogen) atoms. The lowest BCUT2D eigenvalue weighted by atomic mass is 10.1. The van der Waals surface area contributed by atoms with Gasteiger partial charge in [0.15, 0.2) is 0 Å². The summed E-state index contributed by atoms with van der Waals surface area (Å²) in [5.74, 6) is -0.0139. The number of nitrogens with two attached hydrogens (primary N) is 1. The number of nitrogens with one attached hydrogen (secondary N) is 2. The first-order valence-corrected chi connectivity index (χ1v) is 5.12. The van der Waals surface area contributed by atoms with Crippen LogP contribution in [0.25, 0.3) is 0 Å². The minimum Gasteiger partial charge on any atom is -0.366 e. The molecule has 6 nitrogen and oxygen atoms in total. The molecule has 0 saturated carbocycles. The maximum absolute atomic E-state index is 11.5. The smallest absolute Gasteiger partial charge is 0.288 e. The molecule has 0 spiro atoms. The van der Waals surface area contributed by atoms with Crippen molar-refractivity contribution in [2.75, 3.05) is 5.73 Å². The predicted octanol–water partition coefficient (Wildman–Crippen LogP) is 0.695. The van der Waals surface area contributed by atoms with Gasteiger partial charge in [-0.15, -0.1) is 5.10 Å². The van der Waals surface area contributed by atoms with Crippen LogP contribution in [0.2, 0.25) is 0 Å². The summed E-state index contributed by atoms with van der Waals surface area (Å²) in [4.78, 5) is 15.3. The molecule has 0 fully saturated rings. The highest BCUT2D eigenvalue weighted by Gasteiger charge is 2.12. The SMILES string of the molecule is CCCCC(C)NC(=O)c1nc(N)n[nH]1. The van der Waals surface area contributed by atoms with Gasteiger partial charge >= 0.3 is 0 Å². The number of aromatic nitrogens is 3. The first-order chi connectivity index (χ1) is 7.13. The van der Waals surface area contributed by atoms with Crippen molar-refractivity contribution in [2.45, 2.75) is 39.2 Å². The molecule has 1 unspecified atom stereocenters. The fraction of sp³-hybridized carbons (Fsp3) is 0.667. The fourth-order valence-corrected chi connectivity index (χ4v) is 1.25. The van der Waals surface area contributed by atoms with Crippen molar-refractivity contribution in [1.29, 1.82) is 0 Å². The van der Waals surface area contributed by atoms with E-state index >= 15 is 0 Å². The minimum absolute atomic E-state index is 0.0846. The lowest BCUT2D eigenvalue weighted by Gasteiger charge is -2.11. The molecule has 0 bridgehead atoms. The molecule has 0 aliphatic heterocycles. The number of aromatic amines is 1. The summed E-state index contributed by atoms with van der Waals surface area (Å²) in [6, 6.07) is 0.142. The summed E-state index contributed by atoms with van der Waals surface area (Å²) < 4.78 is 0. The van der Waals surface area contributed by atoms with Gasteiger partial charge < -0.3 is 11.1 Å². The maximum atomic E-state index is 11.5. The van der Waals surface area contributed by atoms with Crippen LogP contribution in [0, 0.1) is 0 Å². The van der Waals surface area contributed by atoms with E-state index in [2.05, 4.69) is 27.4 Å². The first kappa shape index (κ1) is 11.5. The quantitative estimate of drug-likeness (QED) is 0.667. The van der Waals surface area contributed by atoms with E-state index in [1.165, 1.54) is 0 Å². The number of carbonyl (C=O) groups excluding carboxylic acids is 1. The second-order valence-corrected chi connectivity index (χ2v) is 3.56. The Hall–Kier alpha value is -1.59. The van der Waals surface area contributed by atoms with Crippen LogP contribution in [0.4, 0.5) is 5.95 Å². The van der Waals surface area contributed by atoms with E-state index in [1.807, 2.05) is 6.92 Å². The lowest BCUT2D eigenvalue weighted by molar-refractivity contribution is 0.0928. The lowest BCUT2D eigenvalue weighted by Crippen LogP contribution is -2.33. The van der Waals surface area contributed by atoms with E-state index in [4.69, 9.17) is 5.73 Å². The van der Waals surface area contributed by atoms with Gasteiger partial charge in [-0.1, -0.05) is 19.8 Å². The van der Waals surface area contributed by atoms with Crippen molar-refractivity contribution >= 4 is 11.9 Å². The van der Waals surface area contributed by atoms with Gasteiger partial charge in [0.2, 0.25) is 11.8 Å². The zero-order valence-electron chi connectivity index (χ0n) is 9.08. The monoisotopic (exact) mass is 211 g/mol. The molecule has 1 aromatic heterocycles. The number of amides is 1. The maximum Gasteiger partial charge on any atom is 0.288 e. The van der Waals surface area contributed by atoms with E-state index in [9.17, 15) is 4.79 Å². The standard InChI is InChI=1S/C9H17N5O/c1-3-4-5-6(2)11-8(15)7-12-9(10)14-13-7/h6H,3-5H2,1-2H3,(H,11,15)(H3,10,12,13,14). The second kappa shape index (κ2) is 5.33. The number of hydrogen-bond donors (Lipinski definition) is 3. The summed E-state index contributed by atoms with van der Waals surface area (Å²) in [7, 11) is 0. The normalized spacial score (nSPS) is 12.4. The largest absolute Gasteiger partial charge is 0.366 e. The number of H-pyrrole nitrogens is 1. The molecule has 1 rings (SSSR count). The number of anilines is 1. The van der Waals surface area contributed by atoms with E-state index in [-0.39, 0.29) is 23.7 Å². The van der Waals surface area contributed by atoms with Crippen molar-refractivity contribution in [3.05, 3.63) is 5.82 Å². The highest BCUT2D eigenvalue weighted by molar-refractivity contribution is 5.90. The zero-order valence-corrected chi connectivity index (χ0v) is 9.08. The number of nitrogens with zero attached hydrogens (tertiary/aromatic N) is 2. The van der Waals surface area contributed by atoms with Gasteiger partial charge in [0.1, 0.15) is 0 Å². The summed E-state index contributed by atoms with van der Waals surface area (Å²) in [6.45, 7) is 4.08. The molecule has 84 valence electrons. The van der Waals surface area contributed by atoms with Gasteiger partial charge in [0.05, 0.1) is 0 Å². The average molecular weight is 211 g/mol. The number of hydrogen-bond acceptors (Lipinski definition) is 4. The van der Waals surface area contributed by atoms with Crippen LogP contribution in [0.3, 0.4) is 0 Å². The summed E-state index contributed by atoms with van der Waals surface area (Å²) in [6.07, 6.45) is 3.18. The van der Waals surface area contributed by atoms with Crippen LogP contribution in [0.5, 0.6) is 0 Å². The van der Waals surface area contributed by atoms with E-state index in [0.717, 1.165) is 19.3 Å². The average Bonchev–Trinajstić information content (AvgIpc) is 2.61. The highest BCUT2D eigenvalue weighted by atomic mass is 16.2. The molecule has 4 N–H and O–H groups in total. The Bertz CT molecular complexity index is 322. The van der Waals surface area contributed by atoms with Crippen LogP contribution in [-0.2, 0) is 0 Å². The van der Waals surface area contributed by atoms with E-state index in [0.29, 0.717) is 0 Å². The Balaban J connectivity index is 2.42. The van der Waals surface area contributed by atoms with Crippen molar-refractivity contribution in [2.24, 2.45) is 0 Å². The van der Waals surface area contributed by atoms with E-state index in [1.54, 1.807) is 0 Å². The Morgan fingerprint density at radius 2 is 2.40 bits per heavy atom. The summed E-state index contributed by atoms with van der Waals surface area (Å²) in [5, 5.41) is 8.87. The first-order valence-electron chi connectivity index (χ1n) is 5.12. The fourth-order valence-electron chi connectivity index (χ4n) is 1.25. The molecule has 1 amide bonds. The third kappa shape index (κ3) is 3.57. The number of unbranched alkanes of at least 4 members (excludes halogenated alkanes) is 1. The Labute approximate surface area is 88.7 Å². The van der Waals surface area contributed by atoms with Gasteiger partial charge in [-0.05, 0) is 13.3 Å². The third-order valence-electron chi connectivity index (χ3n) is 2.09. The zero-order chi connectivity index (χ0) is 11.3.